The first kappa shape index (κ1) is 7.92. The molecule has 2 aromatic rings. The molecule has 0 bridgehead atoms. The third-order valence-corrected chi connectivity index (χ3v) is 2.01. The summed E-state index contributed by atoms with van der Waals surface area (Å²) >= 11 is 0. The molecule has 0 unspecified atom stereocenters. The Hall–Kier alpha value is -1.70. The van der Waals surface area contributed by atoms with E-state index in [2.05, 4.69) is 16.9 Å². The van der Waals surface area contributed by atoms with Gasteiger partial charge in [-0.1, -0.05) is 0 Å². The molecular weight excluding hydrogens is 160 g/mol. The first-order valence-corrected chi connectivity index (χ1v) is 4.19. The monoisotopic (exact) mass is 170 g/mol. The number of aryl methyl sites for hydroxylation is 1. The van der Waals surface area contributed by atoms with Crippen LogP contribution in [0.4, 0.5) is 0 Å². The van der Waals surface area contributed by atoms with E-state index in [1.807, 2.05) is 30.6 Å². The predicted octanol–water partition coefficient (Wildman–Crippen LogP) is 2.45. The molecule has 0 N–H and O–H groups in total. The molecule has 0 aromatic carbocycles. The number of rotatable bonds is 1. The molecule has 0 aliphatic heterocycles. The number of hydrogen-bond donors (Lipinski definition) is 0. The number of aromatic nitrogens is 2. The molecule has 0 aliphatic carbocycles. The molecule has 0 saturated heterocycles. The van der Waals surface area contributed by atoms with Crippen molar-refractivity contribution in [2.45, 2.75) is 6.92 Å². The van der Waals surface area contributed by atoms with Crippen LogP contribution in [0.5, 0.6) is 0 Å². The Morgan fingerprint density at radius 3 is 2.31 bits per heavy atom. The molecule has 0 aliphatic rings. The summed E-state index contributed by atoms with van der Waals surface area (Å²) in [6.45, 7) is 2.06. The predicted molar refractivity (Wildman–Crippen MR) is 52.2 cm³/mol. The van der Waals surface area contributed by atoms with Crippen LogP contribution in [-0.2, 0) is 0 Å². The van der Waals surface area contributed by atoms with Crippen LogP contribution in [0.3, 0.4) is 0 Å². The van der Waals surface area contributed by atoms with Crippen LogP contribution in [-0.4, -0.2) is 9.97 Å². The molecule has 0 fully saturated rings. The van der Waals surface area contributed by atoms with Crippen LogP contribution < -0.4 is 0 Å². The minimum absolute atomic E-state index is 1.19. The topological polar surface area (TPSA) is 25.8 Å². The van der Waals surface area contributed by atoms with E-state index in [4.69, 9.17) is 0 Å². The minimum atomic E-state index is 1.19. The summed E-state index contributed by atoms with van der Waals surface area (Å²) < 4.78 is 0. The molecule has 2 aromatic heterocycles. The van der Waals surface area contributed by atoms with Gasteiger partial charge in [-0.25, -0.2) is 0 Å². The van der Waals surface area contributed by atoms with E-state index in [-0.39, 0.29) is 0 Å². The standard InChI is InChI=1S/C11H10N2/c1-9-8-13-7-4-11(9)10-2-5-12-6-3-10/h2-8H,1H3. The first-order chi connectivity index (χ1) is 6.38. The molecule has 0 radical (unpaired) electrons. The zero-order valence-electron chi connectivity index (χ0n) is 7.44. The normalized spacial score (nSPS) is 9.92. The maximum absolute atomic E-state index is 4.05. The Labute approximate surface area is 77.3 Å². The largest absolute Gasteiger partial charge is 0.265 e. The molecule has 13 heavy (non-hydrogen) atoms. The van der Waals surface area contributed by atoms with E-state index >= 15 is 0 Å². The highest BCUT2D eigenvalue weighted by Gasteiger charge is 1.98. The Balaban J connectivity index is 2.54. The first-order valence-electron chi connectivity index (χ1n) is 4.19. The Morgan fingerprint density at radius 2 is 1.62 bits per heavy atom. The van der Waals surface area contributed by atoms with E-state index in [9.17, 15) is 0 Å². The highest BCUT2D eigenvalue weighted by Crippen LogP contribution is 2.20. The van der Waals surface area contributed by atoms with Crippen molar-refractivity contribution in [3.05, 3.63) is 48.5 Å². The van der Waals surface area contributed by atoms with Gasteiger partial charge in [-0.2, -0.15) is 0 Å². The molecule has 2 heteroatoms. The van der Waals surface area contributed by atoms with E-state index < -0.39 is 0 Å². The van der Waals surface area contributed by atoms with Crippen molar-refractivity contribution in [1.82, 2.24) is 9.97 Å². The lowest BCUT2D eigenvalue weighted by Crippen LogP contribution is -1.84. The van der Waals surface area contributed by atoms with Crippen molar-refractivity contribution >= 4 is 0 Å². The van der Waals surface area contributed by atoms with Gasteiger partial charge in [0, 0.05) is 24.8 Å². The lowest BCUT2D eigenvalue weighted by atomic mass is 10.0. The van der Waals surface area contributed by atoms with Gasteiger partial charge in [0.15, 0.2) is 0 Å². The van der Waals surface area contributed by atoms with Gasteiger partial charge in [0.1, 0.15) is 0 Å². The van der Waals surface area contributed by atoms with Gasteiger partial charge >= 0.3 is 0 Å². The van der Waals surface area contributed by atoms with Crippen LogP contribution in [0.15, 0.2) is 43.0 Å². The fourth-order valence-corrected chi connectivity index (χ4v) is 1.33. The lowest BCUT2D eigenvalue weighted by Gasteiger charge is -2.03. The molecule has 2 nitrogen and oxygen atoms in total. The van der Waals surface area contributed by atoms with Crippen LogP contribution in [0.25, 0.3) is 11.1 Å². The average molecular weight is 170 g/mol. The van der Waals surface area contributed by atoms with Crippen molar-refractivity contribution < 1.29 is 0 Å². The second-order valence-corrected chi connectivity index (χ2v) is 2.93. The van der Waals surface area contributed by atoms with Crippen LogP contribution >= 0.6 is 0 Å². The van der Waals surface area contributed by atoms with Crippen molar-refractivity contribution in [3.8, 4) is 11.1 Å². The Kier molecular flexibility index (Phi) is 2.04. The van der Waals surface area contributed by atoms with Gasteiger partial charge in [-0.15, -0.1) is 0 Å². The molecule has 64 valence electrons. The van der Waals surface area contributed by atoms with Gasteiger partial charge in [0.2, 0.25) is 0 Å². The smallest absolute Gasteiger partial charge is 0.0303 e. The molecule has 0 spiro atoms. The van der Waals surface area contributed by atoms with Gasteiger partial charge in [0.05, 0.1) is 0 Å². The number of nitrogens with zero attached hydrogens (tertiary/aromatic N) is 2. The molecule has 0 amide bonds. The zero-order chi connectivity index (χ0) is 9.10. The molecule has 2 rings (SSSR count). The Morgan fingerprint density at radius 1 is 0.923 bits per heavy atom. The number of pyridine rings is 2. The van der Waals surface area contributed by atoms with Crippen molar-refractivity contribution in [1.29, 1.82) is 0 Å². The van der Waals surface area contributed by atoms with Crippen molar-refractivity contribution in [2.24, 2.45) is 0 Å². The van der Waals surface area contributed by atoms with Crippen LogP contribution in [0, 0.1) is 6.92 Å². The second-order valence-electron chi connectivity index (χ2n) is 2.93. The highest BCUT2D eigenvalue weighted by atomic mass is 14.6. The van der Waals surface area contributed by atoms with E-state index in [0.29, 0.717) is 0 Å². The maximum atomic E-state index is 4.05. The van der Waals surface area contributed by atoms with Gasteiger partial charge < -0.3 is 0 Å². The third-order valence-electron chi connectivity index (χ3n) is 2.01. The van der Waals surface area contributed by atoms with Gasteiger partial charge in [0.25, 0.3) is 0 Å². The quantitative estimate of drug-likeness (QED) is 0.657. The maximum Gasteiger partial charge on any atom is 0.0303 e. The fourth-order valence-electron chi connectivity index (χ4n) is 1.33. The molecule has 0 atom stereocenters. The van der Waals surface area contributed by atoms with E-state index in [1.165, 1.54) is 16.7 Å². The van der Waals surface area contributed by atoms with Crippen LogP contribution in [0.1, 0.15) is 5.56 Å². The Bertz CT molecular complexity index is 396. The summed E-state index contributed by atoms with van der Waals surface area (Å²) in [5, 5.41) is 0. The fraction of sp³-hybridized carbons (Fsp3) is 0.0909. The minimum Gasteiger partial charge on any atom is -0.265 e. The lowest BCUT2D eigenvalue weighted by molar-refractivity contribution is 1.26. The third kappa shape index (κ3) is 1.56. The summed E-state index contributed by atoms with van der Waals surface area (Å²) in [4.78, 5) is 8.04. The summed E-state index contributed by atoms with van der Waals surface area (Å²) in [6.07, 6.45) is 7.28. The van der Waals surface area contributed by atoms with Crippen LogP contribution in [0.2, 0.25) is 0 Å². The van der Waals surface area contributed by atoms with E-state index in [1.54, 1.807) is 12.4 Å². The van der Waals surface area contributed by atoms with Gasteiger partial charge in [-0.05, 0) is 41.8 Å². The van der Waals surface area contributed by atoms with Crippen molar-refractivity contribution in [3.63, 3.8) is 0 Å². The van der Waals surface area contributed by atoms with Gasteiger partial charge in [-0.3, -0.25) is 9.97 Å². The average Bonchev–Trinajstić information content (AvgIpc) is 2.20. The zero-order valence-corrected chi connectivity index (χ0v) is 7.44. The summed E-state index contributed by atoms with van der Waals surface area (Å²) in [5.74, 6) is 0. The SMILES string of the molecule is Cc1cnccc1-c1ccncc1. The summed E-state index contributed by atoms with van der Waals surface area (Å²) in [7, 11) is 0. The molecule has 2 heterocycles. The summed E-state index contributed by atoms with van der Waals surface area (Å²) in [5.41, 5.74) is 3.60. The summed E-state index contributed by atoms with van der Waals surface area (Å²) in [6, 6.07) is 6.02. The van der Waals surface area contributed by atoms with E-state index in [0.717, 1.165) is 0 Å². The highest BCUT2D eigenvalue weighted by molar-refractivity contribution is 5.65. The molecular formula is C11H10N2. The second kappa shape index (κ2) is 3.35. The molecule has 0 saturated carbocycles. The number of hydrogen-bond acceptors (Lipinski definition) is 2. The van der Waals surface area contributed by atoms with Crippen molar-refractivity contribution in [2.75, 3.05) is 0 Å².